The van der Waals surface area contributed by atoms with Crippen molar-refractivity contribution in [2.45, 2.75) is 45.2 Å². The highest BCUT2D eigenvalue weighted by molar-refractivity contribution is 9.10. The minimum atomic E-state index is -4.12. The number of hydrogen-bond acceptors (Lipinski definition) is 5. The number of amides is 2. The van der Waals surface area contributed by atoms with Crippen LogP contribution in [0, 0.1) is 12.8 Å². The Bertz CT molecular complexity index is 1430. The number of nitrogens with one attached hydrogen (secondary N) is 1. The molecule has 3 rings (SSSR count). The van der Waals surface area contributed by atoms with Gasteiger partial charge in [0.15, 0.2) is 0 Å². The molecule has 0 bridgehead atoms. The quantitative estimate of drug-likeness (QED) is 0.299. The Balaban J connectivity index is 2.02. The van der Waals surface area contributed by atoms with E-state index in [1.165, 1.54) is 17.0 Å². The molecule has 10 heteroatoms. The van der Waals surface area contributed by atoms with E-state index in [2.05, 4.69) is 21.2 Å². The standard InChI is InChI=1S/C30H36BrN3O5S/c1-21(2)18-32-30(36)23(4)33(19-24-8-6-11-27(16-24)39-5)29(35)20-34(26-10-7-9-25(31)17-26)40(37,38)28-14-12-22(3)13-15-28/h6-17,21,23H,18-20H2,1-5H3,(H,32,36)/t23-/m1/s1. The first-order valence-electron chi connectivity index (χ1n) is 13.0. The van der Waals surface area contributed by atoms with Gasteiger partial charge >= 0.3 is 0 Å². The topological polar surface area (TPSA) is 96.0 Å². The smallest absolute Gasteiger partial charge is 0.264 e. The number of anilines is 1. The molecule has 0 saturated carbocycles. The minimum absolute atomic E-state index is 0.0629. The third-order valence-electron chi connectivity index (χ3n) is 6.32. The number of rotatable bonds is 12. The molecular weight excluding hydrogens is 594 g/mol. The Labute approximate surface area is 245 Å². The lowest BCUT2D eigenvalue weighted by Crippen LogP contribution is -2.51. The van der Waals surface area contributed by atoms with Gasteiger partial charge < -0.3 is 15.0 Å². The van der Waals surface area contributed by atoms with Crippen LogP contribution in [0.5, 0.6) is 5.75 Å². The van der Waals surface area contributed by atoms with Gasteiger partial charge in [0, 0.05) is 17.6 Å². The van der Waals surface area contributed by atoms with Gasteiger partial charge in [-0.1, -0.05) is 65.7 Å². The monoisotopic (exact) mass is 629 g/mol. The third kappa shape index (κ3) is 8.08. The molecule has 3 aromatic rings. The Morgan fingerprint density at radius 2 is 1.65 bits per heavy atom. The van der Waals surface area contributed by atoms with E-state index < -0.39 is 28.5 Å². The molecule has 0 aromatic heterocycles. The van der Waals surface area contributed by atoms with E-state index in [0.717, 1.165) is 15.4 Å². The number of hydrogen-bond donors (Lipinski definition) is 1. The normalized spacial score (nSPS) is 12.1. The molecule has 214 valence electrons. The summed E-state index contributed by atoms with van der Waals surface area (Å²) in [5.74, 6) is -0.00379. The molecule has 1 N–H and O–H groups in total. The summed E-state index contributed by atoms with van der Waals surface area (Å²) in [6.07, 6.45) is 0. The van der Waals surface area contributed by atoms with Gasteiger partial charge in [0.2, 0.25) is 11.8 Å². The number of halogens is 1. The molecule has 0 unspecified atom stereocenters. The zero-order chi connectivity index (χ0) is 29.4. The van der Waals surface area contributed by atoms with Crippen molar-refractivity contribution in [1.82, 2.24) is 10.2 Å². The van der Waals surface area contributed by atoms with E-state index in [1.54, 1.807) is 68.6 Å². The zero-order valence-electron chi connectivity index (χ0n) is 23.4. The number of aryl methyl sites for hydroxylation is 1. The highest BCUT2D eigenvalue weighted by atomic mass is 79.9. The van der Waals surface area contributed by atoms with E-state index in [9.17, 15) is 18.0 Å². The highest BCUT2D eigenvalue weighted by Gasteiger charge is 2.32. The van der Waals surface area contributed by atoms with Gasteiger partial charge in [0.1, 0.15) is 18.3 Å². The van der Waals surface area contributed by atoms with Gasteiger partial charge in [0.05, 0.1) is 17.7 Å². The molecule has 0 aliphatic heterocycles. The van der Waals surface area contributed by atoms with Crippen LogP contribution in [-0.4, -0.2) is 51.4 Å². The van der Waals surface area contributed by atoms with Gasteiger partial charge in [-0.2, -0.15) is 0 Å². The van der Waals surface area contributed by atoms with Crippen molar-refractivity contribution >= 4 is 43.5 Å². The molecule has 0 fully saturated rings. The number of sulfonamides is 1. The predicted octanol–water partition coefficient (Wildman–Crippen LogP) is 5.15. The van der Waals surface area contributed by atoms with Crippen LogP contribution in [-0.2, 0) is 26.2 Å². The van der Waals surface area contributed by atoms with E-state index >= 15 is 0 Å². The summed E-state index contributed by atoms with van der Waals surface area (Å²) in [7, 11) is -2.57. The fourth-order valence-electron chi connectivity index (χ4n) is 4.00. The maximum Gasteiger partial charge on any atom is 0.264 e. The lowest BCUT2D eigenvalue weighted by molar-refractivity contribution is -0.139. The predicted molar refractivity (Wildman–Crippen MR) is 161 cm³/mol. The second-order valence-corrected chi connectivity index (χ2v) is 12.8. The molecule has 40 heavy (non-hydrogen) atoms. The molecule has 2 amide bonds. The fourth-order valence-corrected chi connectivity index (χ4v) is 5.79. The van der Waals surface area contributed by atoms with Gasteiger partial charge in [-0.15, -0.1) is 0 Å². The Hall–Kier alpha value is -3.37. The molecule has 8 nitrogen and oxygen atoms in total. The third-order valence-corrected chi connectivity index (χ3v) is 8.60. The number of carbonyl (C=O) groups is 2. The van der Waals surface area contributed by atoms with Crippen molar-refractivity contribution in [3.05, 3.63) is 88.4 Å². The van der Waals surface area contributed by atoms with Gasteiger partial charge in [-0.3, -0.25) is 13.9 Å². The average Bonchev–Trinajstić information content (AvgIpc) is 2.93. The molecule has 3 aromatic carbocycles. The summed E-state index contributed by atoms with van der Waals surface area (Å²) in [4.78, 5) is 28.5. The highest BCUT2D eigenvalue weighted by Crippen LogP contribution is 2.27. The van der Waals surface area contributed by atoms with Gasteiger partial charge in [0.25, 0.3) is 10.0 Å². The molecular formula is C30H36BrN3O5S. The van der Waals surface area contributed by atoms with Crippen molar-refractivity contribution in [3.8, 4) is 5.75 Å². The summed E-state index contributed by atoms with van der Waals surface area (Å²) in [5, 5.41) is 2.88. The Kier molecular flexibility index (Phi) is 10.8. The van der Waals surface area contributed by atoms with E-state index in [-0.39, 0.29) is 23.3 Å². The van der Waals surface area contributed by atoms with Crippen molar-refractivity contribution in [2.24, 2.45) is 5.92 Å². The zero-order valence-corrected chi connectivity index (χ0v) is 25.8. The maximum atomic E-state index is 14.0. The molecule has 0 aliphatic carbocycles. The van der Waals surface area contributed by atoms with Crippen LogP contribution in [0.2, 0.25) is 0 Å². The van der Waals surface area contributed by atoms with E-state index in [1.807, 2.05) is 26.8 Å². The first-order valence-corrected chi connectivity index (χ1v) is 15.2. The van der Waals surface area contributed by atoms with Gasteiger partial charge in [-0.25, -0.2) is 8.42 Å². The van der Waals surface area contributed by atoms with Crippen molar-refractivity contribution in [2.75, 3.05) is 24.5 Å². The first kappa shape index (κ1) is 31.2. The summed E-state index contributed by atoms with van der Waals surface area (Å²) in [5.41, 5.74) is 1.97. The number of ether oxygens (including phenoxy) is 1. The van der Waals surface area contributed by atoms with Crippen molar-refractivity contribution in [3.63, 3.8) is 0 Å². The number of nitrogens with zero attached hydrogens (tertiary/aromatic N) is 2. The summed E-state index contributed by atoms with van der Waals surface area (Å²) < 4.78 is 34.8. The average molecular weight is 631 g/mol. The van der Waals surface area contributed by atoms with Gasteiger partial charge in [-0.05, 0) is 67.8 Å². The summed E-state index contributed by atoms with van der Waals surface area (Å²) >= 11 is 3.41. The SMILES string of the molecule is COc1cccc(CN(C(=O)CN(c2cccc(Br)c2)S(=O)(=O)c2ccc(C)cc2)[C@H](C)C(=O)NCC(C)C)c1. The van der Waals surface area contributed by atoms with Crippen LogP contribution < -0.4 is 14.4 Å². The fraction of sp³-hybridized carbons (Fsp3) is 0.333. The van der Waals surface area contributed by atoms with E-state index in [4.69, 9.17) is 4.74 Å². The largest absolute Gasteiger partial charge is 0.497 e. The lowest BCUT2D eigenvalue weighted by atomic mass is 10.1. The van der Waals surface area contributed by atoms with Crippen LogP contribution in [0.1, 0.15) is 31.9 Å². The number of methoxy groups -OCH3 is 1. The molecule has 0 aliphatic rings. The van der Waals surface area contributed by atoms with Crippen molar-refractivity contribution in [1.29, 1.82) is 0 Å². The Morgan fingerprint density at radius 3 is 2.27 bits per heavy atom. The van der Waals surface area contributed by atoms with Crippen LogP contribution in [0.15, 0.2) is 82.2 Å². The summed E-state index contributed by atoms with van der Waals surface area (Å²) in [6, 6.07) is 19.6. The Morgan fingerprint density at radius 1 is 0.975 bits per heavy atom. The van der Waals surface area contributed by atoms with Crippen LogP contribution in [0.4, 0.5) is 5.69 Å². The molecule has 1 atom stereocenters. The van der Waals surface area contributed by atoms with Crippen LogP contribution in [0.25, 0.3) is 0 Å². The minimum Gasteiger partial charge on any atom is -0.497 e. The second-order valence-electron chi connectivity index (χ2n) is 9.99. The van der Waals surface area contributed by atoms with Crippen LogP contribution in [0.3, 0.4) is 0 Å². The molecule has 0 heterocycles. The van der Waals surface area contributed by atoms with Crippen LogP contribution >= 0.6 is 15.9 Å². The second kappa shape index (κ2) is 13.8. The van der Waals surface area contributed by atoms with Crippen molar-refractivity contribution < 1.29 is 22.7 Å². The number of benzene rings is 3. The molecule has 0 saturated heterocycles. The van der Waals surface area contributed by atoms with E-state index in [0.29, 0.717) is 22.5 Å². The number of carbonyl (C=O) groups excluding carboxylic acids is 2. The maximum absolute atomic E-state index is 14.0. The first-order chi connectivity index (χ1) is 18.9. The molecule has 0 spiro atoms. The molecule has 0 radical (unpaired) electrons. The summed E-state index contributed by atoms with van der Waals surface area (Å²) in [6.45, 7) is 7.52. The lowest BCUT2D eigenvalue weighted by Gasteiger charge is -2.32.